The number of aryl methyl sites for hydroxylation is 1. The smallest absolute Gasteiger partial charge is 0.311 e. The summed E-state index contributed by atoms with van der Waals surface area (Å²) in [6, 6.07) is 4.62. The van der Waals surface area contributed by atoms with Gasteiger partial charge in [0.2, 0.25) is 0 Å². The van der Waals surface area contributed by atoms with Gasteiger partial charge in [0.25, 0.3) is 0 Å². The maximum atomic E-state index is 13.5. The number of unbranched alkanes of at least 4 members (excludes halogenated alkanes) is 3. The van der Waals surface area contributed by atoms with Crippen LogP contribution >= 0.6 is 8.58 Å². The lowest BCUT2D eigenvalue weighted by Crippen LogP contribution is -2.09. The van der Waals surface area contributed by atoms with Crippen molar-refractivity contribution in [3.05, 3.63) is 29.6 Å². The van der Waals surface area contributed by atoms with E-state index in [1.54, 1.807) is 20.1 Å². The Hall–Kier alpha value is -0.990. The van der Waals surface area contributed by atoms with Crippen molar-refractivity contribution >= 4 is 14.6 Å². The van der Waals surface area contributed by atoms with Crippen LogP contribution in [0.3, 0.4) is 0 Å². The van der Waals surface area contributed by atoms with Crippen LogP contribution in [0.15, 0.2) is 18.2 Å². The molecule has 0 aliphatic heterocycles. The molecule has 25 heavy (non-hydrogen) atoms. The molecule has 0 aromatic heterocycles. The lowest BCUT2D eigenvalue weighted by molar-refractivity contribution is -0.134. The number of carbonyl (C=O) groups excluding carboxylic acids is 1. The summed E-state index contributed by atoms with van der Waals surface area (Å²) < 4.78 is 23.2. The van der Waals surface area contributed by atoms with E-state index in [0.717, 1.165) is 33.3 Å². The molecule has 1 rings (SSSR count). The third-order valence-electron chi connectivity index (χ3n) is 3.43. The number of benzene rings is 1. The Morgan fingerprint density at radius 1 is 1.12 bits per heavy atom. The summed E-state index contributed by atoms with van der Waals surface area (Å²) in [4.78, 5) is 11.6. The van der Waals surface area contributed by atoms with Crippen molar-refractivity contribution in [3.8, 4) is 5.75 Å². The maximum absolute atomic E-state index is 13.5. The molecule has 0 spiro atoms. The molecule has 0 bridgehead atoms. The fraction of sp³-hybridized carbons (Fsp3) is 0.650. The summed E-state index contributed by atoms with van der Waals surface area (Å²) in [7, 11) is 2.51. The molecule has 1 atom stereocenters. The largest absolute Gasteiger partial charge is 0.423 e. The molecule has 0 N–H and O–H groups in total. The summed E-state index contributed by atoms with van der Waals surface area (Å²) >= 11 is 0. The number of esters is 1. The second-order valence-electron chi connectivity index (χ2n) is 5.96. The standard InChI is InChI=1S/C16H24FO2P.C4H10O/c1-3-4-5-6-10-20-11-9-16(18)19-15-8-7-13(2)12-14(15)17;1-3-4-5-2/h7-8,12,20H,3-6,9-11H2,1-2H3;3-4H2,1-2H3. The normalized spacial score (nSPS) is 10.6. The number of hydrogen-bond acceptors (Lipinski definition) is 3. The Morgan fingerprint density at radius 2 is 1.88 bits per heavy atom. The average Bonchev–Trinajstić information content (AvgIpc) is 2.58. The van der Waals surface area contributed by atoms with E-state index < -0.39 is 5.82 Å². The van der Waals surface area contributed by atoms with E-state index in [1.807, 2.05) is 0 Å². The summed E-state index contributed by atoms with van der Waals surface area (Å²) in [6.45, 7) is 6.97. The van der Waals surface area contributed by atoms with Gasteiger partial charge in [-0.25, -0.2) is 4.39 Å². The molecule has 0 amide bonds. The highest BCUT2D eigenvalue weighted by molar-refractivity contribution is 7.37. The van der Waals surface area contributed by atoms with Gasteiger partial charge >= 0.3 is 5.97 Å². The van der Waals surface area contributed by atoms with Gasteiger partial charge in [-0.15, -0.1) is 8.58 Å². The molecule has 1 aromatic rings. The van der Waals surface area contributed by atoms with Crippen LogP contribution in [0.2, 0.25) is 0 Å². The van der Waals surface area contributed by atoms with Crippen LogP contribution in [0, 0.1) is 12.7 Å². The zero-order valence-electron chi connectivity index (χ0n) is 16.2. The summed E-state index contributed by atoms with van der Waals surface area (Å²) in [5.74, 6) is -0.777. The van der Waals surface area contributed by atoms with Crippen molar-refractivity contribution in [2.24, 2.45) is 0 Å². The van der Waals surface area contributed by atoms with E-state index in [1.165, 1.54) is 44.0 Å². The molecule has 0 aliphatic carbocycles. The van der Waals surface area contributed by atoms with Gasteiger partial charge in [-0.2, -0.15) is 0 Å². The van der Waals surface area contributed by atoms with Gasteiger partial charge < -0.3 is 9.47 Å². The van der Waals surface area contributed by atoms with Crippen molar-refractivity contribution in [1.29, 1.82) is 0 Å². The van der Waals surface area contributed by atoms with E-state index in [2.05, 4.69) is 13.8 Å². The second kappa shape index (κ2) is 16.5. The van der Waals surface area contributed by atoms with E-state index in [0.29, 0.717) is 6.42 Å². The van der Waals surface area contributed by atoms with Gasteiger partial charge in [-0.05, 0) is 49.8 Å². The lowest BCUT2D eigenvalue weighted by Gasteiger charge is -2.06. The molecule has 0 fully saturated rings. The van der Waals surface area contributed by atoms with Crippen LogP contribution in [-0.4, -0.2) is 32.0 Å². The minimum Gasteiger partial charge on any atom is -0.423 e. The third kappa shape index (κ3) is 13.9. The van der Waals surface area contributed by atoms with E-state index in [-0.39, 0.29) is 11.7 Å². The van der Waals surface area contributed by atoms with Gasteiger partial charge in [0.15, 0.2) is 11.6 Å². The van der Waals surface area contributed by atoms with Gasteiger partial charge in [-0.3, -0.25) is 4.79 Å². The van der Waals surface area contributed by atoms with Gasteiger partial charge in [0.05, 0.1) is 0 Å². The number of ether oxygens (including phenoxy) is 2. The molecule has 0 radical (unpaired) electrons. The Morgan fingerprint density at radius 3 is 2.44 bits per heavy atom. The molecule has 0 saturated carbocycles. The summed E-state index contributed by atoms with van der Waals surface area (Å²) in [5.41, 5.74) is 0.816. The third-order valence-corrected chi connectivity index (χ3v) is 4.74. The molecular weight excluding hydrogens is 338 g/mol. The first-order chi connectivity index (χ1) is 12.0. The molecule has 1 unspecified atom stereocenters. The lowest BCUT2D eigenvalue weighted by atomic mass is 10.2. The molecule has 144 valence electrons. The van der Waals surface area contributed by atoms with Crippen LogP contribution in [0.4, 0.5) is 4.39 Å². The Kier molecular flexibility index (Phi) is 15.8. The van der Waals surface area contributed by atoms with Gasteiger partial charge in [-0.1, -0.05) is 39.2 Å². The fourth-order valence-corrected chi connectivity index (χ4v) is 3.19. The second-order valence-corrected chi connectivity index (χ2v) is 7.46. The predicted octanol–water partition coefficient (Wildman–Crippen LogP) is 5.73. The zero-order valence-corrected chi connectivity index (χ0v) is 17.2. The average molecular weight is 372 g/mol. The monoisotopic (exact) mass is 372 g/mol. The topological polar surface area (TPSA) is 35.5 Å². The SMILES string of the molecule is CCCCCCPCCC(=O)Oc1ccc(C)cc1F.CCCOC. The minimum atomic E-state index is -0.472. The van der Waals surface area contributed by atoms with Crippen molar-refractivity contribution in [3.63, 3.8) is 0 Å². The van der Waals surface area contributed by atoms with Crippen molar-refractivity contribution < 1.29 is 18.7 Å². The fourth-order valence-electron chi connectivity index (χ4n) is 2.06. The first kappa shape index (κ1) is 24.0. The maximum Gasteiger partial charge on any atom is 0.311 e. The number of rotatable bonds is 11. The molecule has 3 nitrogen and oxygen atoms in total. The summed E-state index contributed by atoms with van der Waals surface area (Å²) in [6.07, 6.45) is 8.59. The van der Waals surface area contributed by atoms with Gasteiger partial charge in [0.1, 0.15) is 0 Å². The number of hydrogen-bond donors (Lipinski definition) is 0. The quantitative estimate of drug-likeness (QED) is 0.215. The number of methoxy groups -OCH3 is 1. The summed E-state index contributed by atoms with van der Waals surface area (Å²) in [5, 5.41) is 0. The van der Waals surface area contributed by atoms with E-state index in [4.69, 9.17) is 9.47 Å². The molecular formula is C20H34FO3P. The molecule has 5 heteroatoms. The predicted molar refractivity (Wildman–Crippen MR) is 106 cm³/mol. The highest BCUT2D eigenvalue weighted by Gasteiger charge is 2.09. The van der Waals surface area contributed by atoms with Crippen molar-refractivity contribution in [1.82, 2.24) is 0 Å². The van der Waals surface area contributed by atoms with Crippen LogP contribution in [0.1, 0.15) is 57.9 Å². The number of carbonyl (C=O) groups is 1. The van der Waals surface area contributed by atoms with E-state index >= 15 is 0 Å². The van der Waals surface area contributed by atoms with Crippen LogP contribution in [-0.2, 0) is 9.53 Å². The van der Waals surface area contributed by atoms with E-state index in [9.17, 15) is 9.18 Å². The van der Waals surface area contributed by atoms with Crippen LogP contribution in [0.25, 0.3) is 0 Å². The molecule has 0 saturated heterocycles. The minimum absolute atomic E-state index is 0.0341. The highest BCUT2D eigenvalue weighted by Crippen LogP contribution is 2.20. The first-order valence-electron chi connectivity index (χ1n) is 9.21. The Balaban J connectivity index is 0.00000101. The number of halogens is 1. The first-order valence-corrected chi connectivity index (χ1v) is 10.6. The van der Waals surface area contributed by atoms with Crippen LogP contribution in [0.5, 0.6) is 5.75 Å². The Labute approximate surface area is 154 Å². The van der Waals surface area contributed by atoms with Gasteiger partial charge in [0, 0.05) is 20.1 Å². The molecule has 0 aliphatic rings. The highest BCUT2D eigenvalue weighted by atomic mass is 31.1. The zero-order chi connectivity index (χ0) is 18.9. The molecule has 1 aromatic carbocycles. The van der Waals surface area contributed by atoms with Crippen molar-refractivity contribution in [2.45, 2.75) is 59.3 Å². The van der Waals surface area contributed by atoms with Crippen molar-refractivity contribution in [2.75, 3.05) is 26.0 Å². The molecule has 0 heterocycles. The Bertz CT molecular complexity index is 464. The van der Waals surface area contributed by atoms with Crippen LogP contribution < -0.4 is 4.74 Å².